The van der Waals surface area contributed by atoms with Crippen LogP contribution in [0.5, 0.6) is 5.75 Å². The van der Waals surface area contributed by atoms with E-state index in [2.05, 4.69) is 5.32 Å². The fraction of sp³-hybridized carbons (Fsp3) is 0.333. The number of amides is 2. The van der Waals surface area contributed by atoms with Crippen LogP contribution in [0.4, 0.5) is 0 Å². The second kappa shape index (κ2) is 8.22. The Morgan fingerprint density at radius 1 is 1.30 bits per heavy atom. The first-order valence-corrected chi connectivity index (χ1v) is 8.99. The smallest absolute Gasteiger partial charge is 0.254 e. The largest absolute Gasteiger partial charge is 0.497 e. The molecule has 3 rings (SSSR count). The van der Waals surface area contributed by atoms with E-state index in [1.807, 2.05) is 43.3 Å². The Hall–Kier alpha value is -2.86. The number of nitrogens with zero attached hydrogens (tertiary/aromatic N) is 1. The Morgan fingerprint density at radius 2 is 2.11 bits per heavy atom. The highest BCUT2D eigenvalue weighted by molar-refractivity contribution is 5.99. The molecular formula is C21H24N2O4. The molecule has 2 amide bonds. The maximum absolute atomic E-state index is 13.0. The summed E-state index contributed by atoms with van der Waals surface area (Å²) >= 11 is 0. The number of methoxy groups -OCH3 is 1. The van der Waals surface area contributed by atoms with Crippen molar-refractivity contribution in [2.24, 2.45) is 0 Å². The SMILES string of the molecule is COc1ccc(-c2cccc(C(=O)N3CCNC(=O)[C@H]3CCO)c2)c(C)c1. The lowest BCUT2D eigenvalue weighted by Gasteiger charge is -2.35. The quantitative estimate of drug-likeness (QED) is 0.846. The summed E-state index contributed by atoms with van der Waals surface area (Å²) in [5.41, 5.74) is 3.53. The number of rotatable bonds is 5. The standard InChI is InChI=1S/C21H24N2O4/c1-14-12-17(27-2)6-7-18(14)15-4-3-5-16(13-15)21(26)23-10-9-22-20(25)19(23)8-11-24/h3-7,12-13,19,24H,8-11H2,1-2H3,(H,22,25)/t19-/m1/s1. The molecule has 1 saturated heterocycles. The first kappa shape index (κ1) is 18.9. The van der Waals surface area contributed by atoms with Gasteiger partial charge in [-0.2, -0.15) is 0 Å². The third kappa shape index (κ3) is 3.95. The summed E-state index contributed by atoms with van der Waals surface area (Å²) in [4.78, 5) is 26.7. The Balaban J connectivity index is 1.90. The number of aryl methyl sites for hydroxylation is 1. The summed E-state index contributed by atoms with van der Waals surface area (Å²) in [7, 11) is 1.63. The van der Waals surface area contributed by atoms with Crippen molar-refractivity contribution in [3.63, 3.8) is 0 Å². The molecule has 2 aromatic carbocycles. The molecule has 2 N–H and O–H groups in total. The van der Waals surface area contributed by atoms with Crippen molar-refractivity contribution >= 4 is 11.8 Å². The molecule has 1 fully saturated rings. The van der Waals surface area contributed by atoms with Gasteiger partial charge in [-0.25, -0.2) is 0 Å². The van der Waals surface area contributed by atoms with E-state index in [0.717, 1.165) is 22.4 Å². The fourth-order valence-electron chi connectivity index (χ4n) is 3.44. The lowest BCUT2D eigenvalue weighted by Crippen LogP contribution is -2.57. The lowest BCUT2D eigenvalue weighted by molar-refractivity contribution is -0.128. The van der Waals surface area contributed by atoms with Gasteiger partial charge in [-0.3, -0.25) is 9.59 Å². The van der Waals surface area contributed by atoms with E-state index in [-0.39, 0.29) is 24.8 Å². The highest BCUT2D eigenvalue weighted by Crippen LogP contribution is 2.28. The van der Waals surface area contributed by atoms with E-state index >= 15 is 0 Å². The van der Waals surface area contributed by atoms with E-state index in [4.69, 9.17) is 4.74 Å². The van der Waals surface area contributed by atoms with E-state index in [1.54, 1.807) is 18.1 Å². The molecular weight excluding hydrogens is 344 g/mol. The van der Waals surface area contributed by atoms with Gasteiger partial charge in [-0.05, 0) is 54.3 Å². The second-order valence-electron chi connectivity index (χ2n) is 6.58. The number of aliphatic hydroxyl groups is 1. The highest BCUT2D eigenvalue weighted by atomic mass is 16.5. The first-order chi connectivity index (χ1) is 13.0. The predicted octanol–water partition coefficient (Wildman–Crippen LogP) is 1.99. The molecule has 142 valence electrons. The maximum atomic E-state index is 13.0. The molecule has 0 aliphatic carbocycles. The summed E-state index contributed by atoms with van der Waals surface area (Å²) in [5, 5.41) is 12.0. The summed E-state index contributed by atoms with van der Waals surface area (Å²) in [6.45, 7) is 2.70. The van der Waals surface area contributed by atoms with E-state index < -0.39 is 6.04 Å². The Kier molecular flexibility index (Phi) is 5.76. The van der Waals surface area contributed by atoms with Gasteiger partial charge in [0.1, 0.15) is 11.8 Å². The van der Waals surface area contributed by atoms with Gasteiger partial charge in [0, 0.05) is 25.3 Å². The van der Waals surface area contributed by atoms with Gasteiger partial charge in [0.15, 0.2) is 0 Å². The molecule has 0 bridgehead atoms. The van der Waals surface area contributed by atoms with Gasteiger partial charge in [-0.1, -0.05) is 18.2 Å². The number of piperazine rings is 1. The molecule has 0 saturated carbocycles. The minimum atomic E-state index is -0.636. The molecule has 1 atom stereocenters. The molecule has 27 heavy (non-hydrogen) atoms. The third-order valence-electron chi connectivity index (χ3n) is 4.85. The van der Waals surface area contributed by atoms with Crippen LogP contribution in [0.25, 0.3) is 11.1 Å². The van der Waals surface area contributed by atoms with Crippen molar-refractivity contribution in [3.05, 3.63) is 53.6 Å². The third-order valence-corrected chi connectivity index (χ3v) is 4.85. The maximum Gasteiger partial charge on any atom is 0.254 e. The zero-order valence-electron chi connectivity index (χ0n) is 15.6. The number of hydrogen-bond acceptors (Lipinski definition) is 4. The van der Waals surface area contributed by atoms with Crippen molar-refractivity contribution in [2.45, 2.75) is 19.4 Å². The zero-order valence-corrected chi connectivity index (χ0v) is 15.6. The van der Waals surface area contributed by atoms with E-state index in [9.17, 15) is 14.7 Å². The summed E-state index contributed by atoms with van der Waals surface area (Å²) in [5.74, 6) is 0.372. The average molecular weight is 368 g/mol. The van der Waals surface area contributed by atoms with Crippen LogP contribution < -0.4 is 10.1 Å². The van der Waals surface area contributed by atoms with Crippen LogP contribution in [0.3, 0.4) is 0 Å². The number of nitrogens with one attached hydrogen (secondary N) is 1. The molecule has 6 nitrogen and oxygen atoms in total. The van der Waals surface area contributed by atoms with Crippen LogP contribution in [0.15, 0.2) is 42.5 Å². The number of benzene rings is 2. The van der Waals surface area contributed by atoms with Gasteiger partial charge >= 0.3 is 0 Å². The zero-order chi connectivity index (χ0) is 19.4. The van der Waals surface area contributed by atoms with Crippen LogP contribution in [0.2, 0.25) is 0 Å². The minimum absolute atomic E-state index is 0.146. The number of hydrogen-bond donors (Lipinski definition) is 2. The van der Waals surface area contributed by atoms with Gasteiger partial charge in [0.05, 0.1) is 7.11 Å². The molecule has 0 radical (unpaired) electrons. The lowest BCUT2D eigenvalue weighted by atomic mass is 9.98. The normalized spacial score (nSPS) is 16.8. The van der Waals surface area contributed by atoms with Crippen LogP contribution in [0, 0.1) is 6.92 Å². The van der Waals surface area contributed by atoms with Gasteiger partial charge in [0.25, 0.3) is 5.91 Å². The summed E-state index contributed by atoms with van der Waals surface area (Å²) in [6.07, 6.45) is 0.231. The van der Waals surface area contributed by atoms with Crippen molar-refractivity contribution in [1.82, 2.24) is 10.2 Å². The molecule has 0 spiro atoms. The molecule has 6 heteroatoms. The highest BCUT2D eigenvalue weighted by Gasteiger charge is 2.33. The number of ether oxygens (including phenoxy) is 1. The number of carbonyl (C=O) groups is 2. The Bertz CT molecular complexity index is 850. The monoisotopic (exact) mass is 368 g/mol. The van der Waals surface area contributed by atoms with Crippen molar-refractivity contribution in [2.75, 3.05) is 26.8 Å². The van der Waals surface area contributed by atoms with Crippen LogP contribution in [0.1, 0.15) is 22.3 Å². The molecule has 1 aliphatic rings. The van der Waals surface area contributed by atoms with Crippen molar-refractivity contribution < 1.29 is 19.4 Å². The average Bonchev–Trinajstić information content (AvgIpc) is 2.69. The number of aliphatic hydroxyl groups excluding tert-OH is 1. The molecule has 1 heterocycles. The molecule has 1 aliphatic heterocycles. The Labute approximate surface area is 158 Å². The van der Waals surface area contributed by atoms with Crippen LogP contribution in [-0.2, 0) is 4.79 Å². The minimum Gasteiger partial charge on any atom is -0.497 e. The van der Waals surface area contributed by atoms with Crippen molar-refractivity contribution in [1.29, 1.82) is 0 Å². The van der Waals surface area contributed by atoms with Gasteiger partial charge < -0.3 is 20.1 Å². The van der Waals surface area contributed by atoms with Crippen LogP contribution in [-0.4, -0.2) is 54.7 Å². The van der Waals surface area contributed by atoms with E-state index in [0.29, 0.717) is 18.7 Å². The second-order valence-corrected chi connectivity index (χ2v) is 6.58. The summed E-state index contributed by atoms with van der Waals surface area (Å²) in [6, 6.07) is 12.6. The number of carbonyl (C=O) groups excluding carboxylic acids is 2. The molecule has 0 unspecified atom stereocenters. The van der Waals surface area contributed by atoms with Crippen LogP contribution >= 0.6 is 0 Å². The van der Waals surface area contributed by atoms with Gasteiger partial charge in [-0.15, -0.1) is 0 Å². The Morgan fingerprint density at radius 3 is 2.81 bits per heavy atom. The fourth-order valence-corrected chi connectivity index (χ4v) is 3.44. The summed E-state index contributed by atoms with van der Waals surface area (Å²) < 4.78 is 5.25. The van der Waals surface area contributed by atoms with Crippen molar-refractivity contribution in [3.8, 4) is 16.9 Å². The molecule has 0 aromatic heterocycles. The predicted molar refractivity (Wildman–Crippen MR) is 103 cm³/mol. The first-order valence-electron chi connectivity index (χ1n) is 8.99. The van der Waals surface area contributed by atoms with Gasteiger partial charge in [0.2, 0.25) is 5.91 Å². The topological polar surface area (TPSA) is 78.9 Å². The van der Waals surface area contributed by atoms with E-state index in [1.165, 1.54) is 0 Å². The molecule has 2 aromatic rings.